The highest BCUT2D eigenvalue weighted by Gasteiger charge is 2.49. The van der Waals surface area contributed by atoms with Crippen molar-refractivity contribution in [1.29, 1.82) is 0 Å². The lowest BCUT2D eigenvalue weighted by Crippen LogP contribution is -2.62. The number of halogens is 5. The number of ether oxygens (including phenoxy) is 6. The van der Waals surface area contributed by atoms with Crippen molar-refractivity contribution in [1.82, 2.24) is 0 Å². The third-order valence-electron chi connectivity index (χ3n) is 6.83. The molecule has 0 aromatic carbocycles. The van der Waals surface area contributed by atoms with E-state index in [0.29, 0.717) is 72.4 Å². The summed E-state index contributed by atoms with van der Waals surface area (Å²) in [6, 6.07) is 0. The lowest BCUT2D eigenvalue weighted by atomic mass is 9.98. The van der Waals surface area contributed by atoms with E-state index in [0.717, 1.165) is 89.6 Å². The molecule has 1 aliphatic heterocycles. The van der Waals surface area contributed by atoms with Crippen LogP contribution >= 0.6 is 121 Å². The Morgan fingerprint density at radius 2 is 0.712 bits per heavy atom. The molecule has 0 unspecified atom stereocenters. The SMILES string of the molecule is Cl.Cl.Cl.Cl.Cl.NCCCSCCOC[C@H]1O[C@@H](OCCSCCCN)[C@H](OCCSCCCN)[C@@H](OCCSCCCN)[C@@H]1OCCSCCCN. The van der Waals surface area contributed by atoms with Crippen molar-refractivity contribution in [3.63, 3.8) is 0 Å². The molecule has 1 rings (SSSR count). The normalized spacial score (nSPS) is 19.4. The van der Waals surface area contributed by atoms with Gasteiger partial charge in [-0.1, -0.05) is 0 Å². The highest BCUT2D eigenvalue weighted by atomic mass is 35.5. The first-order chi connectivity index (χ1) is 23.2. The van der Waals surface area contributed by atoms with Crippen LogP contribution in [0.2, 0.25) is 0 Å². The molecule has 322 valence electrons. The van der Waals surface area contributed by atoms with Crippen LogP contribution < -0.4 is 28.7 Å². The van der Waals surface area contributed by atoms with E-state index in [1.165, 1.54) is 0 Å². The smallest absolute Gasteiger partial charge is 0.186 e. The van der Waals surface area contributed by atoms with Gasteiger partial charge in [0.15, 0.2) is 6.29 Å². The first-order valence-electron chi connectivity index (χ1n) is 17.3. The molecular weight excluding hydrogens is 876 g/mol. The van der Waals surface area contributed by atoms with Crippen LogP contribution in [-0.2, 0) is 28.4 Å². The minimum atomic E-state index is -0.597. The van der Waals surface area contributed by atoms with Gasteiger partial charge >= 0.3 is 0 Å². The van der Waals surface area contributed by atoms with Crippen LogP contribution in [-0.4, -0.2) is 161 Å². The quantitative estimate of drug-likeness (QED) is 0.0556. The summed E-state index contributed by atoms with van der Waals surface area (Å²) >= 11 is 9.25. The third kappa shape index (κ3) is 34.8. The van der Waals surface area contributed by atoms with Gasteiger partial charge in [-0.25, -0.2) is 0 Å². The Kier molecular flexibility index (Phi) is 61.3. The van der Waals surface area contributed by atoms with Crippen molar-refractivity contribution in [2.45, 2.75) is 62.8 Å². The molecule has 21 heteroatoms. The summed E-state index contributed by atoms with van der Waals surface area (Å²) in [7, 11) is 0. The molecule has 0 spiro atoms. The van der Waals surface area contributed by atoms with Gasteiger partial charge in [-0.15, -0.1) is 62.0 Å². The molecule has 0 aromatic rings. The molecular formula is C31H72Cl5N5O6S5. The highest BCUT2D eigenvalue weighted by Crippen LogP contribution is 2.30. The van der Waals surface area contributed by atoms with E-state index in [1.54, 1.807) is 0 Å². The molecule has 0 radical (unpaired) electrons. The van der Waals surface area contributed by atoms with Crippen LogP contribution in [0.25, 0.3) is 0 Å². The van der Waals surface area contributed by atoms with Crippen LogP contribution in [0.1, 0.15) is 32.1 Å². The predicted molar refractivity (Wildman–Crippen MR) is 246 cm³/mol. The Morgan fingerprint density at radius 3 is 1.10 bits per heavy atom. The molecule has 0 aromatic heterocycles. The van der Waals surface area contributed by atoms with Gasteiger partial charge in [0, 0.05) is 28.8 Å². The van der Waals surface area contributed by atoms with Gasteiger partial charge in [-0.2, -0.15) is 58.8 Å². The largest absolute Gasteiger partial charge is 0.378 e. The fourth-order valence-electron chi connectivity index (χ4n) is 4.42. The van der Waals surface area contributed by atoms with Crippen LogP contribution in [0, 0.1) is 0 Å². The minimum Gasteiger partial charge on any atom is -0.378 e. The summed E-state index contributed by atoms with van der Waals surface area (Å²) in [5, 5.41) is 0. The summed E-state index contributed by atoms with van der Waals surface area (Å²) in [6.45, 7) is 6.77. The maximum atomic E-state index is 6.67. The predicted octanol–water partition coefficient (Wildman–Crippen LogP) is 4.42. The second-order valence-corrected chi connectivity index (χ2v) is 16.9. The van der Waals surface area contributed by atoms with Crippen molar-refractivity contribution >= 4 is 121 Å². The number of hydrogen-bond acceptors (Lipinski definition) is 16. The molecule has 10 N–H and O–H groups in total. The van der Waals surface area contributed by atoms with E-state index < -0.39 is 12.4 Å². The number of nitrogens with two attached hydrogens (primary N) is 5. The Labute approximate surface area is 367 Å². The van der Waals surface area contributed by atoms with Gasteiger partial charge in [0.2, 0.25) is 0 Å². The van der Waals surface area contributed by atoms with E-state index in [2.05, 4.69) is 0 Å². The average Bonchev–Trinajstić information content (AvgIpc) is 3.08. The van der Waals surface area contributed by atoms with Crippen molar-refractivity contribution < 1.29 is 28.4 Å². The van der Waals surface area contributed by atoms with Crippen molar-refractivity contribution in [3.8, 4) is 0 Å². The highest BCUT2D eigenvalue weighted by molar-refractivity contribution is 8.00. The van der Waals surface area contributed by atoms with Crippen LogP contribution in [0.5, 0.6) is 0 Å². The van der Waals surface area contributed by atoms with E-state index in [9.17, 15) is 0 Å². The zero-order chi connectivity index (χ0) is 34.0. The molecule has 1 fully saturated rings. The van der Waals surface area contributed by atoms with E-state index in [-0.39, 0.29) is 80.3 Å². The van der Waals surface area contributed by atoms with Crippen LogP contribution in [0.15, 0.2) is 0 Å². The summed E-state index contributed by atoms with van der Waals surface area (Å²) in [5.41, 5.74) is 28.4. The molecule has 0 saturated carbocycles. The maximum Gasteiger partial charge on any atom is 0.186 e. The number of hydrogen-bond donors (Lipinski definition) is 5. The van der Waals surface area contributed by atoms with E-state index in [1.807, 2.05) is 58.8 Å². The molecule has 5 atom stereocenters. The summed E-state index contributed by atoms with van der Waals surface area (Å²) < 4.78 is 39.1. The monoisotopic (exact) mass is 945 g/mol. The molecule has 1 saturated heterocycles. The lowest BCUT2D eigenvalue weighted by molar-refractivity contribution is -0.320. The van der Waals surface area contributed by atoms with Crippen molar-refractivity contribution in [3.05, 3.63) is 0 Å². The Bertz CT molecular complexity index is 685. The Balaban J connectivity index is -0.00000147. The zero-order valence-corrected chi connectivity index (χ0v) is 38.9. The van der Waals surface area contributed by atoms with Crippen LogP contribution in [0.4, 0.5) is 0 Å². The van der Waals surface area contributed by atoms with Gasteiger partial charge in [0.05, 0.1) is 39.6 Å². The third-order valence-corrected chi connectivity index (χ3v) is 12.0. The lowest BCUT2D eigenvalue weighted by Gasteiger charge is -2.46. The van der Waals surface area contributed by atoms with Gasteiger partial charge in [0.1, 0.15) is 24.4 Å². The minimum absolute atomic E-state index is 0. The first-order valence-corrected chi connectivity index (χ1v) is 23.1. The molecule has 0 bridgehead atoms. The molecule has 52 heavy (non-hydrogen) atoms. The van der Waals surface area contributed by atoms with Crippen LogP contribution in [0.3, 0.4) is 0 Å². The summed E-state index contributed by atoms with van der Waals surface area (Å²) in [4.78, 5) is 0. The summed E-state index contributed by atoms with van der Waals surface area (Å²) in [6.07, 6.45) is 2.85. The van der Waals surface area contributed by atoms with E-state index in [4.69, 9.17) is 57.1 Å². The van der Waals surface area contributed by atoms with Gasteiger partial charge < -0.3 is 57.1 Å². The van der Waals surface area contributed by atoms with E-state index >= 15 is 0 Å². The topological polar surface area (TPSA) is 185 Å². The second-order valence-electron chi connectivity index (χ2n) is 10.8. The van der Waals surface area contributed by atoms with Crippen molar-refractivity contribution in [2.75, 3.05) is 130 Å². The molecule has 0 amide bonds. The van der Waals surface area contributed by atoms with Gasteiger partial charge in [-0.3, -0.25) is 0 Å². The fraction of sp³-hybridized carbons (Fsp3) is 1.00. The zero-order valence-electron chi connectivity index (χ0n) is 30.7. The molecule has 0 aliphatic carbocycles. The molecule has 11 nitrogen and oxygen atoms in total. The molecule has 1 heterocycles. The number of thioether (sulfide) groups is 5. The van der Waals surface area contributed by atoms with Crippen molar-refractivity contribution in [2.24, 2.45) is 28.7 Å². The second kappa shape index (κ2) is 49.9. The maximum absolute atomic E-state index is 6.67. The Hall–Kier alpha value is 2.76. The number of rotatable bonds is 36. The van der Waals surface area contributed by atoms with Gasteiger partial charge in [0.25, 0.3) is 0 Å². The fourth-order valence-corrected chi connectivity index (χ4v) is 8.39. The first kappa shape index (κ1) is 63.9. The van der Waals surface area contributed by atoms with Gasteiger partial charge in [-0.05, 0) is 93.6 Å². The average molecular weight is 949 g/mol. The summed E-state index contributed by atoms with van der Waals surface area (Å²) in [5.74, 6) is 9.44. The Morgan fingerprint density at radius 1 is 0.385 bits per heavy atom. The standard InChI is InChI=1S/C31H67N5O6S5.5ClH/c32-6-1-16-43-21-11-37-26-27-28(38-12-22-44-17-2-7-33)29(39-13-23-45-18-3-8-34)30(40-14-24-46-19-4-9-35)31(42-27)41-15-25-47-20-5-10-36;;;;;/h27-31H,1-26,32-36H2;5*1H/t27-,28-,29+,30-,31-;;;;;/m1...../s1. The molecule has 1 aliphatic rings.